The van der Waals surface area contributed by atoms with Crippen LogP contribution in [0.2, 0.25) is 0 Å². The molecule has 0 saturated carbocycles. The molecule has 210 valence electrons. The molecule has 2 amide bonds. The van der Waals surface area contributed by atoms with Gasteiger partial charge in [0.1, 0.15) is 12.7 Å². The number of halogens is 3. The van der Waals surface area contributed by atoms with Crippen LogP contribution in [-0.4, -0.2) is 70.4 Å². The van der Waals surface area contributed by atoms with Gasteiger partial charge in [-0.2, -0.15) is 18.3 Å². The largest absolute Gasteiger partial charge is 0.474 e. The van der Waals surface area contributed by atoms with Gasteiger partial charge in [-0.05, 0) is 32.4 Å². The zero-order valence-corrected chi connectivity index (χ0v) is 21.7. The average molecular weight is 558 g/mol. The highest BCUT2D eigenvalue weighted by molar-refractivity contribution is 6.04. The molecule has 14 heteroatoms. The minimum absolute atomic E-state index is 0.0905. The highest BCUT2D eigenvalue weighted by Gasteiger charge is 2.41. The Labute approximate surface area is 227 Å². The van der Waals surface area contributed by atoms with Gasteiger partial charge in [0.25, 0.3) is 0 Å². The Balaban J connectivity index is 1.22. The molecule has 2 aromatic heterocycles. The summed E-state index contributed by atoms with van der Waals surface area (Å²) in [5, 5.41) is 10.7. The lowest BCUT2D eigenvalue weighted by Gasteiger charge is -2.35. The molecule has 3 aromatic rings. The van der Waals surface area contributed by atoms with E-state index in [1.807, 2.05) is 13.8 Å². The van der Waals surface area contributed by atoms with E-state index in [1.54, 1.807) is 12.3 Å². The maximum absolute atomic E-state index is 13.6. The molecule has 0 radical (unpaired) electrons. The molecule has 0 aliphatic carbocycles. The molecule has 1 unspecified atom stereocenters. The fraction of sp³-hybridized carbons (Fsp3) is 0.423. The topological polar surface area (TPSA) is 115 Å². The summed E-state index contributed by atoms with van der Waals surface area (Å²) in [4.78, 5) is 26.0. The average Bonchev–Trinajstić information content (AvgIpc) is 3.50. The van der Waals surface area contributed by atoms with Gasteiger partial charge in [-0.25, -0.2) is 14.8 Å². The maximum Gasteiger partial charge on any atom is 0.416 e. The number of nitrogens with one attached hydrogen (secondary N) is 1. The van der Waals surface area contributed by atoms with Crippen LogP contribution in [0.25, 0.3) is 11.4 Å². The minimum Gasteiger partial charge on any atom is -0.474 e. The van der Waals surface area contributed by atoms with Gasteiger partial charge in [0, 0.05) is 24.7 Å². The fourth-order valence-corrected chi connectivity index (χ4v) is 5.04. The number of rotatable bonds is 5. The van der Waals surface area contributed by atoms with Crippen molar-refractivity contribution in [2.75, 3.05) is 41.4 Å². The van der Waals surface area contributed by atoms with Crippen molar-refractivity contribution in [1.29, 1.82) is 0 Å². The number of nitrogens with zero attached hydrogens (tertiary/aromatic N) is 6. The molecular weight excluding hydrogens is 531 g/mol. The van der Waals surface area contributed by atoms with Crippen LogP contribution in [0.1, 0.15) is 25.8 Å². The monoisotopic (exact) mass is 557 g/mol. The minimum atomic E-state index is -4.50. The number of aromatic nitrogens is 4. The first-order valence-corrected chi connectivity index (χ1v) is 12.7. The van der Waals surface area contributed by atoms with E-state index >= 15 is 0 Å². The SMILES string of the molecule is CC1(C)OC[C@@H](COc2cc(NC(=O)N3c4nc(-c5cccc(C(F)(F)F)c5)ncc4N4CCC3C4)cnn2)O1. The van der Waals surface area contributed by atoms with E-state index in [9.17, 15) is 18.0 Å². The normalized spacial score (nSPS) is 21.3. The van der Waals surface area contributed by atoms with Gasteiger partial charge in [0.2, 0.25) is 5.88 Å². The zero-order valence-electron chi connectivity index (χ0n) is 21.7. The van der Waals surface area contributed by atoms with Gasteiger partial charge in [0.15, 0.2) is 17.4 Å². The van der Waals surface area contributed by atoms with Crippen LogP contribution in [-0.2, 0) is 15.7 Å². The molecule has 1 aromatic carbocycles. The molecule has 2 fully saturated rings. The molecule has 0 spiro atoms. The number of carbonyl (C=O) groups is 1. The second-order valence-electron chi connectivity index (χ2n) is 10.2. The third-order valence-electron chi connectivity index (χ3n) is 6.88. The smallest absolute Gasteiger partial charge is 0.416 e. The lowest BCUT2D eigenvalue weighted by molar-refractivity contribution is -0.141. The number of benzene rings is 1. The molecule has 40 heavy (non-hydrogen) atoms. The first-order chi connectivity index (χ1) is 19.1. The molecule has 2 atom stereocenters. The number of alkyl halides is 3. The van der Waals surface area contributed by atoms with Gasteiger partial charge in [-0.1, -0.05) is 12.1 Å². The van der Waals surface area contributed by atoms with E-state index in [2.05, 4.69) is 30.4 Å². The van der Waals surface area contributed by atoms with Crippen molar-refractivity contribution in [3.05, 3.63) is 48.3 Å². The summed E-state index contributed by atoms with van der Waals surface area (Å²) in [6, 6.07) is 5.71. The second kappa shape index (κ2) is 9.86. The molecular formula is C26H26F3N7O4. The van der Waals surface area contributed by atoms with Crippen molar-refractivity contribution in [1.82, 2.24) is 20.2 Å². The first kappa shape index (κ1) is 26.2. The molecule has 3 aliphatic heterocycles. The first-order valence-electron chi connectivity index (χ1n) is 12.7. The van der Waals surface area contributed by atoms with E-state index in [0.717, 1.165) is 12.1 Å². The van der Waals surface area contributed by atoms with Crippen LogP contribution in [0, 0.1) is 0 Å². The van der Waals surface area contributed by atoms with Crippen molar-refractivity contribution in [3.63, 3.8) is 0 Å². The van der Waals surface area contributed by atoms with Crippen molar-refractivity contribution >= 4 is 23.2 Å². The van der Waals surface area contributed by atoms with E-state index in [4.69, 9.17) is 14.2 Å². The lowest BCUT2D eigenvalue weighted by Crippen LogP contribution is -2.48. The van der Waals surface area contributed by atoms with Gasteiger partial charge >= 0.3 is 12.2 Å². The molecule has 2 saturated heterocycles. The molecule has 5 heterocycles. The molecule has 3 aliphatic rings. The maximum atomic E-state index is 13.6. The number of fused-ring (bicyclic) bond motifs is 4. The fourth-order valence-electron chi connectivity index (χ4n) is 5.04. The summed E-state index contributed by atoms with van der Waals surface area (Å²) in [7, 11) is 0. The highest BCUT2D eigenvalue weighted by atomic mass is 19.4. The predicted molar refractivity (Wildman–Crippen MR) is 137 cm³/mol. The van der Waals surface area contributed by atoms with Gasteiger partial charge < -0.3 is 24.4 Å². The van der Waals surface area contributed by atoms with Crippen LogP contribution < -0.4 is 19.9 Å². The summed E-state index contributed by atoms with van der Waals surface area (Å²) >= 11 is 0. The summed E-state index contributed by atoms with van der Waals surface area (Å²) in [6.07, 6.45) is -1.13. The number of hydrogen-bond acceptors (Lipinski definition) is 9. The third kappa shape index (κ3) is 5.23. The van der Waals surface area contributed by atoms with Gasteiger partial charge in [0.05, 0.1) is 42.0 Å². The number of ether oxygens (including phenoxy) is 3. The number of hydrogen-bond donors (Lipinski definition) is 1. The number of urea groups is 1. The number of carbonyl (C=O) groups excluding carboxylic acids is 1. The Morgan fingerprint density at radius 1 is 1.25 bits per heavy atom. The van der Waals surface area contributed by atoms with Crippen LogP contribution in [0.3, 0.4) is 0 Å². The lowest BCUT2D eigenvalue weighted by atomic mass is 10.1. The standard InChI is InChI=1S/C26H26F3N7O4/c1-25(2)39-14-19(40-25)13-38-21-9-17(10-31-34-21)32-24(37)36-18-6-7-35(12-18)20-11-30-22(33-23(20)36)15-4-3-5-16(8-15)26(27,28)29/h3-5,8-11,18-19H,6-7,12-14H2,1-2H3,(H,32,34,37)/t18?,19-/m1/s1. The van der Waals surface area contributed by atoms with Crippen LogP contribution >= 0.6 is 0 Å². The summed E-state index contributed by atoms with van der Waals surface area (Å²) < 4.78 is 56.8. The highest BCUT2D eigenvalue weighted by Crippen LogP contribution is 2.40. The van der Waals surface area contributed by atoms with Crippen molar-refractivity contribution in [2.24, 2.45) is 0 Å². The Hall–Kier alpha value is -4.04. The van der Waals surface area contributed by atoms with Crippen LogP contribution in [0.4, 0.5) is 35.2 Å². The van der Waals surface area contributed by atoms with Crippen molar-refractivity contribution < 1.29 is 32.2 Å². The van der Waals surface area contributed by atoms with E-state index < -0.39 is 23.6 Å². The zero-order chi connectivity index (χ0) is 28.1. The Morgan fingerprint density at radius 2 is 2.10 bits per heavy atom. The van der Waals surface area contributed by atoms with Crippen LogP contribution in [0.5, 0.6) is 5.88 Å². The predicted octanol–water partition coefficient (Wildman–Crippen LogP) is 4.11. The van der Waals surface area contributed by atoms with Crippen molar-refractivity contribution in [3.8, 4) is 17.3 Å². The van der Waals surface area contributed by atoms with Crippen molar-refractivity contribution in [2.45, 2.75) is 44.4 Å². The summed E-state index contributed by atoms with van der Waals surface area (Å²) in [5.41, 5.74) is 0.390. The molecule has 2 bridgehead atoms. The second-order valence-corrected chi connectivity index (χ2v) is 10.2. The third-order valence-corrected chi connectivity index (χ3v) is 6.88. The molecule has 1 N–H and O–H groups in total. The van der Waals surface area contributed by atoms with Gasteiger partial charge in [-0.15, -0.1) is 5.10 Å². The number of amides is 2. The van der Waals surface area contributed by atoms with Crippen LogP contribution in [0.15, 0.2) is 42.7 Å². The summed E-state index contributed by atoms with van der Waals surface area (Å²) in [5.74, 6) is -0.0622. The Kier molecular flexibility index (Phi) is 6.45. The Bertz CT molecular complexity index is 1440. The quantitative estimate of drug-likeness (QED) is 0.495. The summed E-state index contributed by atoms with van der Waals surface area (Å²) in [6.45, 7) is 5.51. The molecule has 6 rings (SSSR count). The molecule has 11 nitrogen and oxygen atoms in total. The van der Waals surface area contributed by atoms with Gasteiger partial charge in [-0.3, -0.25) is 4.90 Å². The van der Waals surface area contributed by atoms with E-state index in [-0.39, 0.29) is 36.0 Å². The Morgan fingerprint density at radius 3 is 2.88 bits per heavy atom. The number of anilines is 3. The van der Waals surface area contributed by atoms with E-state index in [0.29, 0.717) is 43.3 Å². The van der Waals surface area contributed by atoms with E-state index in [1.165, 1.54) is 23.2 Å².